The molecule has 1 aliphatic rings. The van der Waals surface area contributed by atoms with Gasteiger partial charge in [-0.15, -0.1) is 0 Å². The summed E-state index contributed by atoms with van der Waals surface area (Å²) in [6, 6.07) is 23.8. The molecule has 170 valence electrons. The van der Waals surface area contributed by atoms with Gasteiger partial charge in [-0.25, -0.2) is 0 Å². The molecular formula is C28H23ClN2O3. The van der Waals surface area contributed by atoms with Crippen molar-refractivity contribution in [3.05, 3.63) is 119 Å². The molecule has 1 amide bonds. The van der Waals surface area contributed by atoms with Crippen molar-refractivity contribution in [2.24, 2.45) is 0 Å². The highest BCUT2D eigenvalue weighted by Crippen LogP contribution is 2.44. The Morgan fingerprint density at radius 1 is 0.971 bits per heavy atom. The molecule has 1 aliphatic heterocycles. The second-order valence-electron chi connectivity index (χ2n) is 8.64. The van der Waals surface area contributed by atoms with Gasteiger partial charge in [0.1, 0.15) is 0 Å². The number of aryl methyl sites for hydroxylation is 1. The Morgan fingerprint density at radius 2 is 1.65 bits per heavy atom. The summed E-state index contributed by atoms with van der Waals surface area (Å²) in [4.78, 5) is 28.2. The number of benzene rings is 3. The number of amides is 1. The Kier molecular flexibility index (Phi) is 5.60. The Bertz CT molecular complexity index is 1360. The third-order valence-corrected chi connectivity index (χ3v) is 6.50. The molecule has 0 spiro atoms. The molecule has 0 saturated carbocycles. The number of halogens is 1. The summed E-state index contributed by atoms with van der Waals surface area (Å²) in [6.07, 6.45) is 3.46. The number of ketones is 1. The largest absolute Gasteiger partial charge is 0.375 e. The maximum Gasteiger partial charge on any atom is 0.264 e. The van der Waals surface area contributed by atoms with E-state index in [1.165, 1.54) is 4.90 Å². The molecule has 0 bridgehead atoms. The van der Waals surface area contributed by atoms with Gasteiger partial charge in [0.15, 0.2) is 11.4 Å². The zero-order valence-corrected chi connectivity index (χ0v) is 19.4. The van der Waals surface area contributed by atoms with E-state index in [2.05, 4.69) is 0 Å². The highest BCUT2D eigenvalue weighted by atomic mass is 35.5. The number of aromatic nitrogens is 1. The first-order valence-corrected chi connectivity index (χ1v) is 11.4. The molecule has 3 aromatic carbocycles. The first-order chi connectivity index (χ1) is 16.3. The number of hydrogen-bond donors (Lipinski definition) is 1. The zero-order chi connectivity index (χ0) is 23.9. The fourth-order valence-corrected chi connectivity index (χ4v) is 4.56. The van der Waals surface area contributed by atoms with Crippen molar-refractivity contribution in [2.75, 3.05) is 4.90 Å². The lowest BCUT2D eigenvalue weighted by molar-refractivity contribution is -0.136. The van der Waals surface area contributed by atoms with Crippen LogP contribution in [0.25, 0.3) is 5.69 Å². The van der Waals surface area contributed by atoms with Crippen molar-refractivity contribution >= 4 is 29.0 Å². The molecule has 1 atom stereocenters. The van der Waals surface area contributed by atoms with Gasteiger partial charge in [0.05, 0.1) is 18.7 Å². The van der Waals surface area contributed by atoms with Gasteiger partial charge in [-0.1, -0.05) is 41.4 Å². The molecule has 34 heavy (non-hydrogen) atoms. The van der Waals surface area contributed by atoms with Crippen LogP contribution in [0.15, 0.2) is 91.3 Å². The first-order valence-electron chi connectivity index (χ1n) is 11.0. The number of nitrogens with zero attached hydrogens (tertiary/aromatic N) is 2. The van der Waals surface area contributed by atoms with E-state index in [0.717, 1.165) is 16.8 Å². The number of aliphatic hydroxyl groups is 1. The summed E-state index contributed by atoms with van der Waals surface area (Å²) in [7, 11) is 0. The van der Waals surface area contributed by atoms with Crippen molar-refractivity contribution in [1.82, 2.24) is 4.57 Å². The molecule has 0 fully saturated rings. The van der Waals surface area contributed by atoms with E-state index < -0.39 is 11.5 Å². The minimum Gasteiger partial charge on any atom is -0.375 e. The molecule has 5 nitrogen and oxygen atoms in total. The fourth-order valence-electron chi connectivity index (χ4n) is 4.39. The zero-order valence-electron chi connectivity index (χ0n) is 18.6. The molecule has 5 rings (SSSR count). The lowest BCUT2D eigenvalue weighted by Gasteiger charge is -2.23. The summed E-state index contributed by atoms with van der Waals surface area (Å²) in [5.41, 5.74) is 2.32. The van der Waals surface area contributed by atoms with Gasteiger partial charge in [0, 0.05) is 34.2 Å². The smallest absolute Gasteiger partial charge is 0.264 e. The molecule has 1 N–H and O–H groups in total. The van der Waals surface area contributed by atoms with Crippen molar-refractivity contribution in [3.8, 4) is 5.69 Å². The third kappa shape index (κ3) is 3.94. The topological polar surface area (TPSA) is 62.5 Å². The normalized spacial score (nSPS) is 17.1. The predicted molar refractivity (Wildman–Crippen MR) is 132 cm³/mol. The Morgan fingerprint density at radius 3 is 2.32 bits per heavy atom. The quantitative estimate of drug-likeness (QED) is 0.381. The second kappa shape index (κ2) is 8.60. The van der Waals surface area contributed by atoms with Gasteiger partial charge in [-0.05, 0) is 67.1 Å². The van der Waals surface area contributed by atoms with Crippen LogP contribution in [0.4, 0.5) is 5.69 Å². The average Bonchev–Trinajstić information content (AvgIpc) is 3.44. The summed E-state index contributed by atoms with van der Waals surface area (Å²) in [5, 5.41) is 12.0. The minimum atomic E-state index is -1.99. The number of Topliss-reactive ketones (excluding diaryl/α,β-unsaturated/α-hetero) is 1. The summed E-state index contributed by atoms with van der Waals surface area (Å²) < 4.78 is 1.93. The van der Waals surface area contributed by atoms with Crippen LogP contribution in [0.5, 0.6) is 0 Å². The average molecular weight is 471 g/mol. The SMILES string of the molecule is Cc1ccc(CN2C(=O)[C@@](O)(CC(=O)c3ccc(-n4cccc4)cc3)c3cc(Cl)ccc32)cc1. The molecule has 0 radical (unpaired) electrons. The van der Waals surface area contributed by atoms with Crippen LogP contribution in [0.2, 0.25) is 5.02 Å². The van der Waals surface area contributed by atoms with Crippen molar-refractivity contribution in [3.63, 3.8) is 0 Å². The number of hydrogen-bond acceptors (Lipinski definition) is 3. The van der Waals surface area contributed by atoms with Gasteiger partial charge >= 0.3 is 0 Å². The monoisotopic (exact) mass is 470 g/mol. The van der Waals surface area contributed by atoms with E-state index in [9.17, 15) is 14.7 Å². The summed E-state index contributed by atoms with van der Waals surface area (Å²) in [6.45, 7) is 2.29. The van der Waals surface area contributed by atoms with Gasteiger partial charge in [-0.2, -0.15) is 0 Å². The second-order valence-corrected chi connectivity index (χ2v) is 9.07. The molecule has 2 heterocycles. The molecule has 0 aliphatic carbocycles. The first kappa shape index (κ1) is 22.1. The van der Waals surface area contributed by atoms with E-state index in [1.54, 1.807) is 30.3 Å². The lowest BCUT2D eigenvalue weighted by atomic mass is 9.88. The maximum absolute atomic E-state index is 13.5. The number of rotatable bonds is 6. The number of carbonyl (C=O) groups excluding carboxylic acids is 2. The molecular weight excluding hydrogens is 448 g/mol. The lowest BCUT2D eigenvalue weighted by Crippen LogP contribution is -2.41. The van der Waals surface area contributed by atoms with Crippen LogP contribution in [0.3, 0.4) is 0 Å². The van der Waals surface area contributed by atoms with E-state index in [-0.39, 0.29) is 18.7 Å². The standard InChI is InChI=1S/C28H23ClN2O3/c1-19-4-6-20(7-5-19)18-31-25-13-10-22(29)16-24(25)28(34,27(31)33)17-26(32)21-8-11-23(12-9-21)30-14-2-3-15-30/h2-16,34H,17-18H2,1H3/t28-/m1/s1. The summed E-state index contributed by atoms with van der Waals surface area (Å²) in [5.74, 6) is -0.847. The van der Waals surface area contributed by atoms with E-state index in [4.69, 9.17) is 11.6 Å². The van der Waals surface area contributed by atoms with E-state index in [1.807, 2.05) is 72.4 Å². The minimum absolute atomic E-state index is 0.288. The number of fused-ring (bicyclic) bond motifs is 1. The Balaban J connectivity index is 1.44. The number of anilines is 1. The van der Waals surface area contributed by atoms with E-state index >= 15 is 0 Å². The van der Waals surface area contributed by atoms with Crippen molar-refractivity contribution in [2.45, 2.75) is 25.5 Å². The van der Waals surface area contributed by atoms with Gasteiger partial charge in [0.25, 0.3) is 5.91 Å². The molecule has 6 heteroatoms. The Hall–Kier alpha value is -3.67. The van der Waals surface area contributed by atoms with Crippen molar-refractivity contribution in [1.29, 1.82) is 0 Å². The predicted octanol–water partition coefficient (Wildman–Crippen LogP) is 5.45. The summed E-state index contributed by atoms with van der Waals surface area (Å²) >= 11 is 6.22. The van der Waals surface area contributed by atoms with Crippen LogP contribution in [0.1, 0.15) is 33.5 Å². The van der Waals surface area contributed by atoms with Crippen LogP contribution >= 0.6 is 11.6 Å². The Labute approximate surface area is 202 Å². The van der Waals surface area contributed by atoms with Gasteiger partial charge in [0.2, 0.25) is 0 Å². The van der Waals surface area contributed by atoms with Crippen molar-refractivity contribution < 1.29 is 14.7 Å². The third-order valence-electron chi connectivity index (χ3n) is 6.26. The highest BCUT2D eigenvalue weighted by molar-refractivity contribution is 6.31. The van der Waals surface area contributed by atoms with Crippen LogP contribution in [-0.4, -0.2) is 21.4 Å². The molecule has 1 aromatic heterocycles. The number of carbonyl (C=O) groups is 2. The molecule has 0 unspecified atom stereocenters. The molecule has 4 aromatic rings. The fraction of sp³-hybridized carbons (Fsp3) is 0.143. The van der Waals surface area contributed by atoms with Crippen LogP contribution in [0, 0.1) is 6.92 Å². The van der Waals surface area contributed by atoms with Gasteiger partial charge < -0.3 is 14.6 Å². The molecule has 0 saturated heterocycles. The van der Waals surface area contributed by atoms with E-state index in [0.29, 0.717) is 21.8 Å². The van der Waals surface area contributed by atoms with Crippen LogP contribution in [-0.2, 0) is 16.9 Å². The van der Waals surface area contributed by atoms with Crippen LogP contribution < -0.4 is 4.90 Å². The van der Waals surface area contributed by atoms with Gasteiger partial charge in [-0.3, -0.25) is 9.59 Å². The highest BCUT2D eigenvalue weighted by Gasteiger charge is 2.51. The maximum atomic E-state index is 13.5.